The van der Waals surface area contributed by atoms with Gasteiger partial charge in [-0.15, -0.1) is 0 Å². The fraction of sp³-hybridized carbons (Fsp3) is 0.105. The molecule has 0 aliphatic carbocycles. The standard InChI is InChI=1S/C19H16FN3O3/c1-12-9-16(15-10-13(20)7-8-17(15)21-12)19(25)23-22-18(24)11-26-14-5-3-2-4-6-14/h2-10H,11H2,1H3,(H,22,24)(H,23,25). The number of benzene rings is 2. The summed E-state index contributed by atoms with van der Waals surface area (Å²) in [4.78, 5) is 28.5. The molecule has 2 aromatic carbocycles. The summed E-state index contributed by atoms with van der Waals surface area (Å²) in [7, 11) is 0. The first-order chi connectivity index (χ1) is 12.5. The fourth-order valence-corrected chi connectivity index (χ4v) is 2.41. The molecule has 2 N–H and O–H groups in total. The molecule has 0 atom stereocenters. The molecule has 3 aromatic rings. The molecule has 0 aliphatic heterocycles. The molecule has 2 amide bonds. The highest BCUT2D eigenvalue weighted by atomic mass is 19.1. The monoisotopic (exact) mass is 353 g/mol. The number of halogens is 1. The van der Waals surface area contributed by atoms with Crippen LogP contribution in [0.25, 0.3) is 10.9 Å². The Morgan fingerprint density at radius 2 is 1.85 bits per heavy atom. The SMILES string of the molecule is Cc1cc(C(=O)NNC(=O)COc2ccccc2)c2cc(F)ccc2n1. The number of nitrogens with one attached hydrogen (secondary N) is 2. The number of aromatic nitrogens is 1. The maximum Gasteiger partial charge on any atom is 0.276 e. The fourth-order valence-electron chi connectivity index (χ4n) is 2.41. The number of hydrazine groups is 1. The molecule has 0 radical (unpaired) electrons. The van der Waals surface area contributed by atoms with Gasteiger partial charge in [0.2, 0.25) is 0 Å². The zero-order valence-corrected chi connectivity index (χ0v) is 14.0. The van der Waals surface area contributed by atoms with E-state index in [2.05, 4.69) is 15.8 Å². The number of aryl methyl sites for hydroxylation is 1. The molecule has 0 bridgehead atoms. The van der Waals surface area contributed by atoms with E-state index in [4.69, 9.17) is 4.74 Å². The van der Waals surface area contributed by atoms with Crippen LogP contribution in [0.4, 0.5) is 4.39 Å². The van der Waals surface area contributed by atoms with Gasteiger partial charge >= 0.3 is 0 Å². The molecule has 6 nitrogen and oxygen atoms in total. The summed E-state index contributed by atoms with van der Waals surface area (Å²) >= 11 is 0. The molecule has 3 rings (SSSR count). The number of hydrogen-bond acceptors (Lipinski definition) is 4. The normalized spacial score (nSPS) is 10.4. The Morgan fingerprint density at radius 3 is 2.62 bits per heavy atom. The first-order valence-corrected chi connectivity index (χ1v) is 7.87. The van der Waals surface area contributed by atoms with E-state index in [0.717, 1.165) is 0 Å². The molecule has 0 fully saturated rings. The zero-order valence-electron chi connectivity index (χ0n) is 14.0. The highest BCUT2D eigenvalue weighted by molar-refractivity contribution is 6.06. The van der Waals surface area contributed by atoms with Gasteiger partial charge in [-0.05, 0) is 43.3 Å². The minimum Gasteiger partial charge on any atom is -0.484 e. The summed E-state index contributed by atoms with van der Waals surface area (Å²) in [5, 5.41) is 0.364. The number of nitrogens with zero attached hydrogens (tertiary/aromatic N) is 1. The maximum atomic E-state index is 13.5. The van der Waals surface area contributed by atoms with Crippen molar-refractivity contribution >= 4 is 22.7 Å². The van der Waals surface area contributed by atoms with Gasteiger partial charge in [-0.1, -0.05) is 18.2 Å². The van der Waals surface area contributed by atoms with E-state index in [1.54, 1.807) is 31.2 Å². The van der Waals surface area contributed by atoms with Crippen LogP contribution in [0, 0.1) is 12.7 Å². The van der Waals surface area contributed by atoms with E-state index in [1.807, 2.05) is 6.07 Å². The summed E-state index contributed by atoms with van der Waals surface area (Å²) in [6.45, 7) is 1.47. The second-order valence-corrected chi connectivity index (χ2v) is 5.58. The van der Waals surface area contributed by atoms with Crippen LogP contribution in [0.5, 0.6) is 5.75 Å². The largest absolute Gasteiger partial charge is 0.484 e. The number of rotatable bonds is 4. The van der Waals surface area contributed by atoms with E-state index < -0.39 is 17.6 Å². The minimum atomic E-state index is -0.570. The predicted molar refractivity (Wildman–Crippen MR) is 94.0 cm³/mol. The van der Waals surface area contributed by atoms with Crippen molar-refractivity contribution in [3.05, 3.63) is 71.7 Å². The predicted octanol–water partition coefficient (Wildman–Crippen LogP) is 2.52. The van der Waals surface area contributed by atoms with Crippen LogP contribution in [0.15, 0.2) is 54.6 Å². The van der Waals surface area contributed by atoms with Gasteiger partial charge in [-0.3, -0.25) is 25.4 Å². The Kier molecular flexibility index (Phi) is 5.07. The average molecular weight is 353 g/mol. The van der Waals surface area contributed by atoms with Gasteiger partial charge in [0.15, 0.2) is 6.61 Å². The molecular weight excluding hydrogens is 337 g/mol. The Bertz CT molecular complexity index is 961. The van der Waals surface area contributed by atoms with Crippen LogP contribution < -0.4 is 15.6 Å². The zero-order chi connectivity index (χ0) is 18.5. The quantitative estimate of drug-likeness (QED) is 0.707. The van der Waals surface area contributed by atoms with Gasteiger partial charge in [0, 0.05) is 11.1 Å². The van der Waals surface area contributed by atoms with Gasteiger partial charge in [0.05, 0.1) is 11.1 Å². The van der Waals surface area contributed by atoms with E-state index in [0.29, 0.717) is 22.3 Å². The third-order valence-electron chi connectivity index (χ3n) is 3.57. The third kappa shape index (κ3) is 4.13. The first kappa shape index (κ1) is 17.3. The Labute approximate surface area is 149 Å². The molecule has 0 unspecified atom stereocenters. The van der Waals surface area contributed by atoms with Gasteiger partial charge in [-0.25, -0.2) is 4.39 Å². The average Bonchev–Trinajstić information content (AvgIpc) is 2.65. The van der Waals surface area contributed by atoms with Crippen LogP contribution >= 0.6 is 0 Å². The van der Waals surface area contributed by atoms with Crippen molar-refractivity contribution in [3.63, 3.8) is 0 Å². The number of para-hydroxylation sites is 1. The molecule has 1 aromatic heterocycles. The van der Waals surface area contributed by atoms with Crippen LogP contribution in [-0.4, -0.2) is 23.4 Å². The van der Waals surface area contributed by atoms with Crippen LogP contribution in [-0.2, 0) is 4.79 Å². The van der Waals surface area contributed by atoms with E-state index in [-0.39, 0.29) is 12.2 Å². The third-order valence-corrected chi connectivity index (χ3v) is 3.57. The lowest BCUT2D eigenvalue weighted by Gasteiger charge is -2.11. The summed E-state index contributed by atoms with van der Waals surface area (Å²) < 4.78 is 18.8. The molecule has 0 saturated carbocycles. The molecular formula is C19H16FN3O3. The molecule has 0 saturated heterocycles. The molecule has 1 heterocycles. The van der Waals surface area contributed by atoms with Gasteiger partial charge in [0.25, 0.3) is 11.8 Å². The molecule has 26 heavy (non-hydrogen) atoms. The highest BCUT2D eigenvalue weighted by Crippen LogP contribution is 2.19. The Balaban J connectivity index is 1.65. The first-order valence-electron chi connectivity index (χ1n) is 7.87. The van der Waals surface area contributed by atoms with Crippen LogP contribution in [0.2, 0.25) is 0 Å². The molecule has 0 spiro atoms. The highest BCUT2D eigenvalue weighted by Gasteiger charge is 2.14. The van der Waals surface area contributed by atoms with Crippen LogP contribution in [0.1, 0.15) is 16.1 Å². The van der Waals surface area contributed by atoms with Crippen molar-refractivity contribution < 1.29 is 18.7 Å². The van der Waals surface area contributed by atoms with E-state index in [1.165, 1.54) is 24.3 Å². The number of pyridine rings is 1. The number of carbonyl (C=O) groups is 2. The number of ether oxygens (including phenoxy) is 1. The topological polar surface area (TPSA) is 80.3 Å². The van der Waals surface area contributed by atoms with Crippen molar-refractivity contribution in [2.45, 2.75) is 6.92 Å². The van der Waals surface area contributed by atoms with Gasteiger partial charge < -0.3 is 4.74 Å². The van der Waals surface area contributed by atoms with Crippen molar-refractivity contribution in [2.24, 2.45) is 0 Å². The van der Waals surface area contributed by atoms with Crippen molar-refractivity contribution in [1.29, 1.82) is 0 Å². The molecule has 7 heteroatoms. The second kappa shape index (κ2) is 7.60. The number of fused-ring (bicyclic) bond motifs is 1. The van der Waals surface area contributed by atoms with Crippen LogP contribution in [0.3, 0.4) is 0 Å². The number of hydrogen-bond donors (Lipinski definition) is 2. The van der Waals surface area contributed by atoms with Crippen molar-refractivity contribution in [1.82, 2.24) is 15.8 Å². The Hall–Kier alpha value is -3.48. The number of carbonyl (C=O) groups excluding carboxylic acids is 2. The summed E-state index contributed by atoms with van der Waals surface area (Å²) in [6.07, 6.45) is 0. The smallest absolute Gasteiger partial charge is 0.276 e. The minimum absolute atomic E-state index is 0.219. The number of amides is 2. The lowest BCUT2D eigenvalue weighted by Crippen LogP contribution is -2.43. The second-order valence-electron chi connectivity index (χ2n) is 5.58. The Morgan fingerprint density at radius 1 is 1.08 bits per heavy atom. The van der Waals surface area contributed by atoms with Gasteiger partial charge in [-0.2, -0.15) is 0 Å². The van der Waals surface area contributed by atoms with E-state index >= 15 is 0 Å². The summed E-state index contributed by atoms with van der Waals surface area (Å²) in [5.41, 5.74) is 5.90. The molecule has 132 valence electrons. The van der Waals surface area contributed by atoms with E-state index in [9.17, 15) is 14.0 Å². The summed E-state index contributed by atoms with van der Waals surface area (Å²) in [6, 6.07) is 14.4. The summed E-state index contributed by atoms with van der Waals surface area (Å²) in [5.74, 6) is -1.03. The van der Waals surface area contributed by atoms with Crippen molar-refractivity contribution in [2.75, 3.05) is 6.61 Å². The maximum absolute atomic E-state index is 13.5. The molecule has 0 aliphatic rings. The van der Waals surface area contributed by atoms with Gasteiger partial charge in [0.1, 0.15) is 11.6 Å². The lowest BCUT2D eigenvalue weighted by atomic mass is 10.1. The lowest BCUT2D eigenvalue weighted by molar-refractivity contribution is -0.123. The van der Waals surface area contributed by atoms with Crippen molar-refractivity contribution in [3.8, 4) is 5.75 Å².